The fourth-order valence-corrected chi connectivity index (χ4v) is 1.53. The molecule has 14 heavy (non-hydrogen) atoms. The van der Waals surface area contributed by atoms with Gasteiger partial charge in [-0.1, -0.05) is 30.3 Å². The van der Waals surface area contributed by atoms with Gasteiger partial charge in [0.25, 0.3) is 0 Å². The number of benzene rings is 2. The van der Waals surface area contributed by atoms with Gasteiger partial charge in [-0.2, -0.15) is 0 Å². The van der Waals surface area contributed by atoms with E-state index in [2.05, 4.69) is 17.4 Å². The Labute approximate surface area is 87.7 Å². The number of fused-ring (bicyclic) bond motifs is 1. The second-order valence-corrected chi connectivity index (χ2v) is 3.49. The van der Waals surface area contributed by atoms with Crippen LogP contribution in [0.2, 0.25) is 0 Å². The van der Waals surface area contributed by atoms with Crippen molar-refractivity contribution in [2.45, 2.75) is 0 Å². The van der Waals surface area contributed by atoms with Crippen LogP contribution in [0.4, 0.5) is 5.69 Å². The Morgan fingerprint density at radius 3 is 2.50 bits per heavy atom. The molecule has 3 heteroatoms. The molecule has 0 aliphatic carbocycles. The molecule has 0 aliphatic heterocycles. The fourth-order valence-electron chi connectivity index (χ4n) is 1.41. The average Bonchev–Trinajstić information content (AvgIpc) is 2.17. The maximum Gasteiger partial charge on any atom is 0.168 e. The molecule has 0 unspecified atom stereocenters. The summed E-state index contributed by atoms with van der Waals surface area (Å²) < 4.78 is 0. The Morgan fingerprint density at radius 2 is 1.79 bits per heavy atom. The van der Waals surface area contributed by atoms with Gasteiger partial charge < -0.3 is 11.1 Å². The molecule has 0 heterocycles. The lowest BCUT2D eigenvalue weighted by Gasteiger charge is -2.04. The molecule has 70 valence electrons. The van der Waals surface area contributed by atoms with E-state index >= 15 is 0 Å². The van der Waals surface area contributed by atoms with Crippen molar-refractivity contribution >= 4 is 33.8 Å². The van der Waals surface area contributed by atoms with Gasteiger partial charge in [0, 0.05) is 5.69 Å². The van der Waals surface area contributed by atoms with Crippen molar-refractivity contribution in [2.75, 3.05) is 5.32 Å². The summed E-state index contributed by atoms with van der Waals surface area (Å²) in [5, 5.41) is 5.58. The molecule has 0 radical (unpaired) electrons. The van der Waals surface area contributed by atoms with Crippen molar-refractivity contribution in [2.24, 2.45) is 5.73 Å². The van der Waals surface area contributed by atoms with E-state index in [1.54, 1.807) is 0 Å². The van der Waals surface area contributed by atoms with Gasteiger partial charge in [0.15, 0.2) is 5.11 Å². The highest BCUT2D eigenvalue weighted by atomic mass is 32.1. The standard InChI is InChI=1S/C11H10N2S/c12-11(14)13-10-6-5-8-3-1-2-4-9(8)7-10/h1-7H,(H3,12,13,14). The summed E-state index contributed by atoms with van der Waals surface area (Å²) in [4.78, 5) is 0. The SMILES string of the molecule is NC(=S)Nc1ccc2ccccc2c1. The lowest BCUT2D eigenvalue weighted by molar-refractivity contribution is 1.63. The second kappa shape index (κ2) is 3.64. The van der Waals surface area contributed by atoms with Crippen molar-refractivity contribution in [3.05, 3.63) is 42.5 Å². The van der Waals surface area contributed by atoms with Crippen molar-refractivity contribution in [1.82, 2.24) is 0 Å². The topological polar surface area (TPSA) is 38.0 Å². The molecule has 3 N–H and O–H groups in total. The Kier molecular flexibility index (Phi) is 2.33. The number of hydrogen-bond donors (Lipinski definition) is 2. The Balaban J connectivity index is 2.46. The van der Waals surface area contributed by atoms with E-state index < -0.39 is 0 Å². The zero-order valence-electron chi connectivity index (χ0n) is 7.53. The molecule has 2 rings (SSSR count). The molecule has 0 spiro atoms. The third kappa shape index (κ3) is 1.83. The second-order valence-electron chi connectivity index (χ2n) is 3.05. The van der Waals surface area contributed by atoms with Crippen LogP contribution in [0.3, 0.4) is 0 Å². The largest absolute Gasteiger partial charge is 0.376 e. The number of nitrogens with two attached hydrogens (primary N) is 1. The minimum atomic E-state index is 0.292. The summed E-state index contributed by atoms with van der Waals surface area (Å²) in [7, 11) is 0. The molecule has 2 nitrogen and oxygen atoms in total. The van der Waals surface area contributed by atoms with Crippen LogP contribution in [0.1, 0.15) is 0 Å². The Hall–Kier alpha value is -1.61. The molecule has 0 saturated heterocycles. The van der Waals surface area contributed by atoms with Gasteiger partial charge in [-0.3, -0.25) is 0 Å². The molecule has 2 aromatic rings. The van der Waals surface area contributed by atoms with Gasteiger partial charge in [-0.15, -0.1) is 0 Å². The Bertz CT molecular complexity index is 479. The molecule has 0 atom stereocenters. The maximum atomic E-state index is 5.39. The van der Waals surface area contributed by atoms with Gasteiger partial charge in [-0.25, -0.2) is 0 Å². The van der Waals surface area contributed by atoms with Gasteiger partial charge in [0.05, 0.1) is 0 Å². The van der Waals surface area contributed by atoms with E-state index in [1.807, 2.05) is 30.3 Å². The first-order chi connectivity index (χ1) is 6.75. The van der Waals surface area contributed by atoms with Gasteiger partial charge >= 0.3 is 0 Å². The summed E-state index contributed by atoms with van der Waals surface area (Å²) in [6.07, 6.45) is 0. The minimum Gasteiger partial charge on any atom is -0.376 e. The van der Waals surface area contributed by atoms with E-state index in [9.17, 15) is 0 Å². The molecule has 0 aliphatic rings. The Morgan fingerprint density at radius 1 is 1.07 bits per heavy atom. The predicted octanol–water partition coefficient (Wildman–Crippen LogP) is 2.50. The predicted molar refractivity (Wildman–Crippen MR) is 64.4 cm³/mol. The highest BCUT2D eigenvalue weighted by Gasteiger charge is 1.95. The van der Waals surface area contributed by atoms with Crippen molar-refractivity contribution < 1.29 is 0 Å². The maximum absolute atomic E-state index is 5.39. The van der Waals surface area contributed by atoms with Crippen LogP contribution in [0.25, 0.3) is 10.8 Å². The van der Waals surface area contributed by atoms with Crippen molar-refractivity contribution in [3.8, 4) is 0 Å². The quantitative estimate of drug-likeness (QED) is 0.698. The zero-order valence-corrected chi connectivity index (χ0v) is 8.34. The van der Waals surface area contributed by atoms with E-state index in [1.165, 1.54) is 10.8 Å². The van der Waals surface area contributed by atoms with E-state index in [0.717, 1.165) is 5.69 Å². The smallest absolute Gasteiger partial charge is 0.168 e. The van der Waals surface area contributed by atoms with Crippen LogP contribution in [0, 0.1) is 0 Å². The molecule has 0 amide bonds. The monoisotopic (exact) mass is 202 g/mol. The first-order valence-electron chi connectivity index (χ1n) is 4.31. The van der Waals surface area contributed by atoms with Crippen LogP contribution in [0.15, 0.2) is 42.5 Å². The summed E-state index contributed by atoms with van der Waals surface area (Å²) in [5.74, 6) is 0. The lowest BCUT2D eigenvalue weighted by atomic mass is 10.1. The third-order valence-electron chi connectivity index (χ3n) is 2.02. The van der Waals surface area contributed by atoms with Gasteiger partial charge in [0.2, 0.25) is 0 Å². The highest BCUT2D eigenvalue weighted by Crippen LogP contribution is 2.18. The molecular formula is C11H10N2S. The molecular weight excluding hydrogens is 192 g/mol. The number of nitrogens with one attached hydrogen (secondary N) is 1. The van der Waals surface area contributed by atoms with E-state index in [-0.39, 0.29) is 0 Å². The molecule has 0 fully saturated rings. The summed E-state index contributed by atoms with van der Waals surface area (Å²) >= 11 is 4.77. The number of thiocarbonyl (C=S) groups is 1. The number of hydrogen-bond acceptors (Lipinski definition) is 1. The van der Waals surface area contributed by atoms with E-state index in [0.29, 0.717) is 5.11 Å². The fraction of sp³-hybridized carbons (Fsp3) is 0. The number of anilines is 1. The van der Waals surface area contributed by atoms with Crippen LogP contribution in [-0.4, -0.2) is 5.11 Å². The van der Waals surface area contributed by atoms with Gasteiger partial charge in [0.1, 0.15) is 0 Å². The summed E-state index contributed by atoms with van der Waals surface area (Å²) in [5.41, 5.74) is 6.32. The summed E-state index contributed by atoms with van der Waals surface area (Å²) in [6, 6.07) is 14.2. The third-order valence-corrected chi connectivity index (χ3v) is 2.12. The molecule has 0 aromatic heterocycles. The van der Waals surface area contributed by atoms with Crippen LogP contribution >= 0.6 is 12.2 Å². The van der Waals surface area contributed by atoms with Crippen LogP contribution < -0.4 is 11.1 Å². The van der Waals surface area contributed by atoms with Crippen molar-refractivity contribution in [1.29, 1.82) is 0 Å². The van der Waals surface area contributed by atoms with E-state index in [4.69, 9.17) is 18.0 Å². The minimum absolute atomic E-state index is 0.292. The van der Waals surface area contributed by atoms with Crippen molar-refractivity contribution in [3.63, 3.8) is 0 Å². The molecule has 0 bridgehead atoms. The average molecular weight is 202 g/mol. The summed E-state index contributed by atoms with van der Waals surface area (Å²) in [6.45, 7) is 0. The molecule has 2 aromatic carbocycles. The molecule has 0 saturated carbocycles. The normalized spacial score (nSPS) is 10.0. The van der Waals surface area contributed by atoms with Gasteiger partial charge in [-0.05, 0) is 35.1 Å². The highest BCUT2D eigenvalue weighted by molar-refractivity contribution is 7.80. The zero-order chi connectivity index (χ0) is 9.97. The van der Waals surface area contributed by atoms with Crippen LogP contribution in [0.5, 0.6) is 0 Å². The number of rotatable bonds is 1. The lowest BCUT2D eigenvalue weighted by Crippen LogP contribution is -2.18. The van der Waals surface area contributed by atoms with Crippen LogP contribution in [-0.2, 0) is 0 Å². The first-order valence-corrected chi connectivity index (χ1v) is 4.72. The first kappa shape index (κ1) is 8.97.